The zero-order chi connectivity index (χ0) is 24.6. The van der Waals surface area contributed by atoms with Gasteiger partial charge in [-0.15, -0.1) is 0 Å². The van der Waals surface area contributed by atoms with Crippen LogP contribution < -0.4 is 0 Å². The third-order valence-electron chi connectivity index (χ3n) is 8.88. The van der Waals surface area contributed by atoms with Gasteiger partial charge in [0.2, 0.25) is 0 Å². The van der Waals surface area contributed by atoms with E-state index in [2.05, 4.69) is 0 Å². The van der Waals surface area contributed by atoms with E-state index in [4.69, 9.17) is 9.47 Å². The SMILES string of the molecule is CCCC(=O)O[C@@]12C[C@@H](C)[C@@]3(O)[C@@H](C=C(COC(C)=O)C[C@]4(O)C(=O)C(C)=C[C@@H]34)[C@@H]1C2(C)C. The first-order chi connectivity index (χ1) is 15.3. The largest absolute Gasteiger partial charge is 0.461 e. The number of carbonyl (C=O) groups excluding carboxylic acids is 3. The minimum Gasteiger partial charge on any atom is -0.461 e. The Labute approximate surface area is 195 Å². The van der Waals surface area contributed by atoms with Crippen molar-refractivity contribution in [3.05, 3.63) is 23.3 Å². The second-order valence-corrected chi connectivity index (χ2v) is 11.2. The summed E-state index contributed by atoms with van der Waals surface area (Å²) in [4.78, 5) is 37.1. The van der Waals surface area contributed by atoms with E-state index in [1.54, 1.807) is 13.0 Å². The highest BCUT2D eigenvalue weighted by molar-refractivity contribution is 6.04. The third kappa shape index (κ3) is 3.18. The lowest BCUT2D eigenvalue weighted by Crippen LogP contribution is -2.61. The van der Waals surface area contributed by atoms with Crippen molar-refractivity contribution in [3.8, 4) is 0 Å². The van der Waals surface area contributed by atoms with Gasteiger partial charge in [-0.05, 0) is 36.8 Å². The number of carbonyl (C=O) groups is 3. The van der Waals surface area contributed by atoms with Gasteiger partial charge in [-0.2, -0.15) is 0 Å². The van der Waals surface area contributed by atoms with Crippen molar-refractivity contribution in [2.24, 2.45) is 29.1 Å². The lowest BCUT2D eigenvalue weighted by Gasteiger charge is -2.50. The van der Waals surface area contributed by atoms with Gasteiger partial charge in [0, 0.05) is 42.9 Å². The van der Waals surface area contributed by atoms with Gasteiger partial charge in [-0.25, -0.2) is 0 Å². The van der Waals surface area contributed by atoms with E-state index >= 15 is 0 Å². The number of Topliss-reactive ketones (excluding diaryl/α,β-unsaturated/α-hetero) is 1. The van der Waals surface area contributed by atoms with Crippen LogP contribution in [0.4, 0.5) is 0 Å². The van der Waals surface area contributed by atoms with Gasteiger partial charge < -0.3 is 19.7 Å². The van der Waals surface area contributed by atoms with Crippen LogP contribution in [0.15, 0.2) is 23.3 Å². The lowest BCUT2D eigenvalue weighted by molar-refractivity contribution is -0.187. The van der Waals surface area contributed by atoms with E-state index < -0.39 is 45.8 Å². The highest BCUT2D eigenvalue weighted by atomic mass is 16.6. The molecule has 2 N–H and O–H groups in total. The molecule has 7 nitrogen and oxygen atoms in total. The van der Waals surface area contributed by atoms with Crippen molar-refractivity contribution in [2.45, 2.75) is 84.0 Å². The van der Waals surface area contributed by atoms with Crippen molar-refractivity contribution < 1.29 is 34.1 Å². The molecule has 0 unspecified atom stereocenters. The number of rotatable bonds is 5. The maximum absolute atomic E-state index is 13.1. The van der Waals surface area contributed by atoms with Crippen LogP contribution in [-0.2, 0) is 23.9 Å². The molecular weight excluding hydrogens is 424 g/mol. The van der Waals surface area contributed by atoms with Crippen molar-refractivity contribution in [1.29, 1.82) is 0 Å². The Hall–Kier alpha value is -1.99. The molecule has 0 aromatic carbocycles. The van der Waals surface area contributed by atoms with Crippen molar-refractivity contribution in [2.75, 3.05) is 6.61 Å². The van der Waals surface area contributed by atoms with Gasteiger partial charge in [-0.3, -0.25) is 14.4 Å². The van der Waals surface area contributed by atoms with E-state index in [9.17, 15) is 24.6 Å². The maximum atomic E-state index is 13.1. The van der Waals surface area contributed by atoms with Crippen LogP contribution in [0.5, 0.6) is 0 Å². The molecule has 0 spiro atoms. The topological polar surface area (TPSA) is 110 Å². The summed E-state index contributed by atoms with van der Waals surface area (Å²) < 4.78 is 11.4. The zero-order valence-corrected chi connectivity index (χ0v) is 20.4. The van der Waals surface area contributed by atoms with Gasteiger partial charge in [0.1, 0.15) is 17.8 Å². The number of aliphatic hydroxyl groups is 2. The summed E-state index contributed by atoms with van der Waals surface area (Å²) in [6, 6.07) is 0. The van der Waals surface area contributed by atoms with Crippen LogP contribution >= 0.6 is 0 Å². The van der Waals surface area contributed by atoms with E-state index in [1.165, 1.54) is 6.92 Å². The van der Waals surface area contributed by atoms with Gasteiger partial charge >= 0.3 is 11.9 Å². The van der Waals surface area contributed by atoms with E-state index in [-0.39, 0.29) is 30.8 Å². The van der Waals surface area contributed by atoms with E-state index in [0.29, 0.717) is 30.4 Å². The lowest BCUT2D eigenvalue weighted by atomic mass is 9.60. The average Bonchev–Trinajstić information content (AvgIpc) is 3.11. The Morgan fingerprint density at radius 3 is 2.48 bits per heavy atom. The maximum Gasteiger partial charge on any atom is 0.306 e. The molecule has 2 saturated carbocycles. The van der Waals surface area contributed by atoms with Gasteiger partial charge in [0.05, 0.1) is 5.60 Å². The van der Waals surface area contributed by atoms with Crippen molar-refractivity contribution in [1.82, 2.24) is 0 Å². The normalized spacial score (nSPS) is 42.7. The Bertz CT molecular complexity index is 962. The quantitative estimate of drug-likeness (QED) is 0.479. The molecule has 33 heavy (non-hydrogen) atoms. The fraction of sp³-hybridized carbons (Fsp3) is 0.731. The standard InChI is InChI=1S/C26H36O7/c1-7-8-20(28)33-25-11-15(3)26(31)18(21(25)23(25,5)6)10-17(13-32-16(4)27)12-24(30)19(26)9-14(2)22(24)29/h9-10,15,18-19,21,30-31H,7-8,11-13H2,1-6H3/t15-,18+,19-,21-,24-,25+,26-/m1/s1. The van der Waals surface area contributed by atoms with Crippen molar-refractivity contribution in [3.63, 3.8) is 0 Å². The average molecular weight is 461 g/mol. The van der Waals surface area contributed by atoms with E-state index in [0.717, 1.165) is 0 Å². The summed E-state index contributed by atoms with van der Waals surface area (Å²) in [5.41, 5.74) is -3.31. The molecule has 0 bridgehead atoms. The molecule has 7 heteroatoms. The molecule has 0 amide bonds. The summed E-state index contributed by atoms with van der Waals surface area (Å²) in [5, 5.41) is 24.0. The number of ether oxygens (including phenoxy) is 2. The molecule has 0 aromatic heterocycles. The molecule has 0 saturated heterocycles. The first kappa shape index (κ1) is 24.1. The highest BCUT2D eigenvalue weighted by Gasteiger charge is 2.83. The number of esters is 2. The Morgan fingerprint density at radius 2 is 1.88 bits per heavy atom. The monoisotopic (exact) mass is 460 g/mol. The molecule has 4 rings (SSSR count). The smallest absolute Gasteiger partial charge is 0.306 e. The second-order valence-electron chi connectivity index (χ2n) is 11.2. The van der Waals surface area contributed by atoms with Crippen LogP contribution in [0, 0.1) is 29.1 Å². The van der Waals surface area contributed by atoms with E-state index in [1.807, 2.05) is 33.8 Å². The van der Waals surface area contributed by atoms with Crippen LogP contribution in [0.25, 0.3) is 0 Å². The molecule has 0 heterocycles. The van der Waals surface area contributed by atoms with Crippen LogP contribution in [0.1, 0.15) is 67.2 Å². The molecule has 0 aliphatic heterocycles. The third-order valence-corrected chi connectivity index (χ3v) is 8.88. The highest BCUT2D eigenvalue weighted by Crippen LogP contribution is 2.76. The predicted molar refractivity (Wildman–Crippen MR) is 120 cm³/mol. The predicted octanol–water partition coefficient (Wildman–Crippen LogP) is 2.88. The molecule has 7 atom stereocenters. The summed E-state index contributed by atoms with van der Waals surface area (Å²) in [6.07, 6.45) is 5.05. The Balaban J connectivity index is 1.83. The molecule has 0 radical (unpaired) electrons. The summed E-state index contributed by atoms with van der Waals surface area (Å²) >= 11 is 0. The zero-order valence-electron chi connectivity index (χ0n) is 20.4. The number of hydrogen-bond donors (Lipinski definition) is 2. The second kappa shape index (κ2) is 7.51. The minimum atomic E-state index is -1.80. The fourth-order valence-corrected chi connectivity index (χ4v) is 7.24. The molecular formula is C26H36O7. The first-order valence-corrected chi connectivity index (χ1v) is 12.0. The van der Waals surface area contributed by atoms with Crippen molar-refractivity contribution >= 4 is 17.7 Å². The van der Waals surface area contributed by atoms with Crippen LogP contribution in [0.3, 0.4) is 0 Å². The summed E-state index contributed by atoms with van der Waals surface area (Å²) in [5.74, 6) is -2.93. The molecule has 0 aromatic rings. The van der Waals surface area contributed by atoms with Gasteiger partial charge in [0.25, 0.3) is 0 Å². The first-order valence-electron chi connectivity index (χ1n) is 12.0. The van der Waals surface area contributed by atoms with Gasteiger partial charge in [0.15, 0.2) is 5.78 Å². The Kier molecular flexibility index (Phi) is 5.49. The number of fused-ring (bicyclic) bond motifs is 5. The molecule has 4 aliphatic carbocycles. The van der Waals surface area contributed by atoms with Gasteiger partial charge in [-0.1, -0.05) is 39.8 Å². The van der Waals surface area contributed by atoms with Crippen LogP contribution in [-0.4, -0.2) is 51.3 Å². The summed E-state index contributed by atoms with van der Waals surface area (Å²) in [7, 11) is 0. The van der Waals surface area contributed by atoms with Crippen LogP contribution in [0.2, 0.25) is 0 Å². The molecule has 182 valence electrons. The number of ketones is 1. The fourth-order valence-electron chi connectivity index (χ4n) is 7.24. The Morgan fingerprint density at radius 1 is 1.21 bits per heavy atom. The number of hydrogen-bond acceptors (Lipinski definition) is 7. The summed E-state index contributed by atoms with van der Waals surface area (Å²) in [6.45, 7) is 10.8. The molecule has 2 fully saturated rings. The molecule has 4 aliphatic rings. The minimum absolute atomic E-state index is 0.0150.